The first-order valence-electron chi connectivity index (χ1n) is 7.71. The summed E-state index contributed by atoms with van der Waals surface area (Å²) in [6.07, 6.45) is -5.56. The summed E-state index contributed by atoms with van der Waals surface area (Å²) >= 11 is 0. The van der Waals surface area contributed by atoms with Gasteiger partial charge in [0.15, 0.2) is 6.10 Å². The average Bonchev–Trinajstić information content (AvgIpc) is 3.12. The molecule has 0 aliphatic carbocycles. The topological polar surface area (TPSA) is 65.2 Å². The fourth-order valence-corrected chi connectivity index (χ4v) is 2.21. The van der Waals surface area contributed by atoms with Gasteiger partial charge in [-0.25, -0.2) is 9.18 Å². The summed E-state index contributed by atoms with van der Waals surface area (Å²) in [7, 11) is 0. The van der Waals surface area contributed by atoms with Crippen molar-refractivity contribution in [3.05, 3.63) is 71.4 Å². The average molecular weight is 380 g/mol. The van der Waals surface area contributed by atoms with Crippen molar-refractivity contribution in [1.82, 2.24) is 10.2 Å². The van der Waals surface area contributed by atoms with Crippen LogP contribution < -0.4 is 0 Å². The lowest BCUT2D eigenvalue weighted by molar-refractivity contribution is -0.137. The molecule has 27 heavy (non-hydrogen) atoms. The van der Waals surface area contributed by atoms with Gasteiger partial charge >= 0.3 is 12.1 Å². The highest BCUT2D eigenvalue weighted by Crippen LogP contribution is 2.30. The molecule has 0 spiro atoms. The first-order chi connectivity index (χ1) is 12.7. The molecule has 0 fully saturated rings. The Morgan fingerprint density at radius 2 is 1.81 bits per heavy atom. The first kappa shape index (κ1) is 18.6. The van der Waals surface area contributed by atoms with Gasteiger partial charge in [-0.1, -0.05) is 6.07 Å². The monoisotopic (exact) mass is 380 g/mol. The summed E-state index contributed by atoms with van der Waals surface area (Å²) in [5, 5.41) is 7.54. The summed E-state index contributed by atoms with van der Waals surface area (Å²) in [5.74, 6) is -1.35. The number of carbonyl (C=O) groups excluding carboxylic acids is 1. The second-order valence-electron chi connectivity index (χ2n) is 5.58. The number of hydrogen-bond acceptors (Lipinski definition) is 5. The summed E-state index contributed by atoms with van der Waals surface area (Å²) in [5.41, 5.74) is -0.748. The molecule has 1 atom stereocenters. The van der Waals surface area contributed by atoms with Crippen LogP contribution in [0.4, 0.5) is 17.6 Å². The molecule has 3 rings (SSSR count). The molecule has 0 saturated carbocycles. The van der Waals surface area contributed by atoms with E-state index in [2.05, 4.69) is 10.2 Å². The van der Waals surface area contributed by atoms with Crippen LogP contribution in [0.5, 0.6) is 0 Å². The second kappa shape index (κ2) is 7.18. The minimum atomic E-state index is -4.57. The van der Waals surface area contributed by atoms with Crippen LogP contribution in [0.1, 0.15) is 34.8 Å². The number of nitrogens with zero attached hydrogens (tertiary/aromatic N) is 2. The van der Waals surface area contributed by atoms with Gasteiger partial charge in [0.05, 0.1) is 11.1 Å². The van der Waals surface area contributed by atoms with E-state index >= 15 is 0 Å². The van der Waals surface area contributed by atoms with Gasteiger partial charge in [-0.15, -0.1) is 10.2 Å². The van der Waals surface area contributed by atoms with E-state index in [1.165, 1.54) is 37.3 Å². The zero-order valence-corrected chi connectivity index (χ0v) is 13.8. The zero-order valence-electron chi connectivity index (χ0n) is 13.8. The molecule has 1 heterocycles. The lowest BCUT2D eigenvalue weighted by Crippen LogP contribution is -2.12. The van der Waals surface area contributed by atoms with Crippen molar-refractivity contribution in [2.75, 3.05) is 0 Å². The number of aromatic nitrogens is 2. The summed E-state index contributed by atoms with van der Waals surface area (Å²) in [6, 6.07) is 9.19. The van der Waals surface area contributed by atoms with Crippen LogP contribution in [0.25, 0.3) is 11.5 Å². The van der Waals surface area contributed by atoms with E-state index in [-0.39, 0.29) is 17.3 Å². The van der Waals surface area contributed by atoms with Crippen molar-refractivity contribution in [2.45, 2.75) is 19.2 Å². The minimum absolute atomic E-state index is 0.0466. The fourth-order valence-electron chi connectivity index (χ4n) is 2.21. The highest BCUT2D eigenvalue weighted by molar-refractivity contribution is 5.89. The van der Waals surface area contributed by atoms with E-state index in [0.29, 0.717) is 11.6 Å². The Bertz CT molecular complexity index is 952. The van der Waals surface area contributed by atoms with Crippen LogP contribution >= 0.6 is 0 Å². The van der Waals surface area contributed by atoms with E-state index in [1.54, 1.807) is 0 Å². The van der Waals surface area contributed by atoms with Crippen molar-refractivity contribution >= 4 is 5.97 Å². The van der Waals surface area contributed by atoms with Gasteiger partial charge in [0.2, 0.25) is 5.89 Å². The minimum Gasteiger partial charge on any atom is -0.449 e. The third-order valence-corrected chi connectivity index (χ3v) is 3.59. The summed E-state index contributed by atoms with van der Waals surface area (Å²) in [4.78, 5) is 12.1. The Kier molecular flexibility index (Phi) is 4.93. The van der Waals surface area contributed by atoms with Crippen LogP contribution in [0.2, 0.25) is 0 Å². The molecule has 0 N–H and O–H groups in total. The largest absolute Gasteiger partial charge is 0.449 e. The van der Waals surface area contributed by atoms with Crippen LogP contribution in [-0.4, -0.2) is 16.2 Å². The number of carbonyl (C=O) groups is 1. The molecule has 0 unspecified atom stereocenters. The zero-order chi connectivity index (χ0) is 19.6. The van der Waals surface area contributed by atoms with Crippen LogP contribution in [0.3, 0.4) is 0 Å². The maximum Gasteiger partial charge on any atom is 0.416 e. The van der Waals surface area contributed by atoms with Crippen molar-refractivity contribution in [3.8, 4) is 11.5 Å². The molecule has 0 radical (unpaired) electrons. The lowest BCUT2D eigenvalue weighted by Gasteiger charge is -2.11. The second-order valence-corrected chi connectivity index (χ2v) is 5.58. The number of esters is 1. The number of ether oxygens (including phenoxy) is 1. The molecular formula is C18H12F4N2O3. The number of benzene rings is 2. The van der Waals surface area contributed by atoms with E-state index in [0.717, 1.165) is 12.1 Å². The molecule has 5 nitrogen and oxygen atoms in total. The predicted octanol–water partition coefficient (Wildman–Crippen LogP) is 4.81. The molecular weight excluding hydrogens is 368 g/mol. The number of halogens is 4. The Hall–Kier alpha value is -3.23. The lowest BCUT2D eigenvalue weighted by atomic mass is 10.1. The van der Waals surface area contributed by atoms with E-state index < -0.39 is 29.6 Å². The Morgan fingerprint density at radius 1 is 1.11 bits per heavy atom. The summed E-state index contributed by atoms with van der Waals surface area (Å²) in [6.45, 7) is 1.44. The number of alkyl halides is 3. The third-order valence-electron chi connectivity index (χ3n) is 3.59. The molecule has 0 aliphatic rings. The van der Waals surface area contributed by atoms with E-state index in [9.17, 15) is 22.4 Å². The van der Waals surface area contributed by atoms with Gasteiger partial charge in [0.25, 0.3) is 5.89 Å². The van der Waals surface area contributed by atoms with Gasteiger partial charge in [-0.2, -0.15) is 13.2 Å². The fraction of sp³-hybridized carbons (Fsp3) is 0.167. The molecule has 1 aromatic heterocycles. The third kappa shape index (κ3) is 4.30. The first-order valence-corrected chi connectivity index (χ1v) is 7.71. The van der Waals surface area contributed by atoms with Gasteiger partial charge in [0.1, 0.15) is 5.82 Å². The standard InChI is InChI=1S/C18H12F4N2O3/c1-10(15-23-24-16(27-15)11-5-7-14(19)8-6-11)26-17(25)12-3-2-4-13(9-12)18(20,21)22/h2-10H,1H3/t10-/m0/s1. The Balaban J connectivity index is 1.73. The van der Waals surface area contributed by atoms with E-state index in [4.69, 9.17) is 9.15 Å². The Labute approximate surface area is 150 Å². The molecule has 3 aromatic rings. The highest BCUT2D eigenvalue weighted by Gasteiger charge is 2.31. The van der Waals surface area contributed by atoms with Gasteiger partial charge in [-0.3, -0.25) is 0 Å². The van der Waals surface area contributed by atoms with Crippen molar-refractivity contribution in [3.63, 3.8) is 0 Å². The SMILES string of the molecule is C[C@H](OC(=O)c1cccc(C(F)(F)F)c1)c1nnc(-c2ccc(F)cc2)o1. The van der Waals surface area contributed by atoms with Crippen LogP contribution in [-0.2, 0) is 10.9 Å². The molecule has 0 aliphatic heterocycles. The Morgan fingerprint density at radius 3 is 2.48 bits per heavy atom. The quantitative estimate of drug-likeness (QED) is 0.480. The predicted molar refractivity (Wildman–Crippen MR) is 85.0 cm³/mol. The maximum atomic E-state index is 12.9. The number of rotatable bonds is 4. The molecule has 2 aromatic carbocycles. The summed E-state index contributed by atoms with van der Waals surface area (Å²) < 4.78 is 61.6. The molecule has 0 bridgehead atoms. The van der Waals surface area contributed by atoms with Gasteiger partial charge < -0.3 is 9.15 Å². The van der Waals surface area contributed by atoms with Crippen molar-refractivity contribution in [1.29, 1.82) is 0 Å². The van der Waals surface area contributed by atoms with E-state index in [1.807, 2.05) is 0 Å². The van der Waals surface area contributed by atoms with Gasteiger partial charge in [0, 0.05) is 5.56 Å². The smallest absolute Gasteiger partial charge is 0.416 e. The van der Waals surface area contributed by atoms with Crippen LogP contribution in [0.15, 0.2) is 52.9 Å². The molecule has 0 amide bonds. The van der Waals surface area contributed by atoms with Crippen molar-refractivity contribution < 1.29 is 31.5 Å². The maximum absolute atomic E-state index is 12.9. The normalized spacial score (nSPS) is 12.6. The van der Waals surface area contributed by atoms with Gasteiger partial charge in [-0.05, 0) is 49.4 Å². The molecule has 0 saturated heterocycles. The van der Waals surface area contributed by atoms with Crippen molar-refractivity contribution in [2.24, 2.45) is 0 Å². The highest BCUT2D eigenvalue weighted by atomic mass is 19.4. The van der Waals surface area contributed by atoms with Crippen LogP contribution in [0, 0.1) is 5.82 Å². The number of hydrogen-bond donors (Lipinski definition) is 0. The molecule has 9 heteroatoms. The molecule has 140 valence electrons.